The molecule has 0 radical (unpaired) electrons. The summed E-state index contributed by atoms with van der Waals surface area (Å²) in [4.78, 5) is 17.6. The van der Waals surface area contributed by atoms with E-state index in [4.69, 9.17) is 0 Å². The number of hydrogen-bond acceptors (Lipinski definition) is 3. The van der Waals surface area contributed by atoms with Gasteiger partial charge in [0.2, 0.25) is 5.91 Å². The van der Waals surface area contributed by atoms with Crippen molar-refractivity contribution in [2.75, 3.05) is 45.8 Å². The number of piperazine rings is 1. The fourth-order valence-corrected chi connectivity index (χ4v) is 3.97. The molecule has 3 rings (SSSR count). The van der Waals surface area contributed by atoms with E-state index in [0.29, 0.717) is 51.3 Å². The van der Waals surface area contributed by atoms with Gasteiger partial charge in [0.1, 0.15) is 0 Å². The van der Waals surface area contributed by atoms with Crippen molar-refractivity contribution >= 4 is 5.91 Å². The Bertz CT molecular complexity index is 728. The Hall–Kier alpha value is -1.81. The topological polar surface area (TPSA) is 26.8 Å². The zero-order valence-corrected chi connectivity index (χ0v) is 16.5. The number of benzene rings is 1. The molecule has 1 aromatic rings. The number of carbonyl (C=O) groups is 1. The van der Waals surface area contributed by atoms with Crippen molar-refractivity contribution in [3.8, 4) is 0 Å². The maximum Gasteiger partial charge on any atom is 0.416 e. The molecule has 0 spiro atoms. The van der Waals surface area contributed by atoms with Gasteiger partial charge in [-0.25, -0.2) is 0 Å². The number of likely N-dealkylation sites (tertiary alicyclic amines) is 1. The zero-order chi connectivity index (χ0) is 21.9. The molecule has 4 nitrogen and oxygen atoms in total. The van der Waals surface area contributed by atoms with Crippen LogP contribution in [0.5, 0.6) is 0 Å². The summed E-state index contributed by atoms with van der Waals surface area (Å²) in [7, 11) is 0. The van der Waals surface area contributed by atoms with E-state index >= 15 is 0 Å². The minimum absolute atomic E-state index is 0.0570. The fourth-order valence-electron chi connectivity index (χ4n) is 3.97. The van der Waals surface area contributed by atoms with Crippen LogP contribution in [0.1, 0.15) is 24.0 Å². The molecular formula is C20H25F6N3O. The summed E-state index contributed by atoms with van der Waals surface area (Å²) in [6, 6.07) is 5.22. The van der Waals surface area contributed by atoms with Gasteiger partial charge in [0.25, 0.3) is 0 Å². The van der Waals surface area contributed by atoms with Crippen molar-refractivity contribution in [2.45, 2.75) is 31.7 Å². The molecule has 1 aromatic carbocycles. The van der Waals surface area contributed by atoms with Crippen LogP contribution in [0.25, 0.3) is 0 Å². The van der Waals surface area contributed by atoms with Gasteiger partial charge in [-0.1, -0.05) is 18.2 Å². The Kier molecular flexibility index (Phi) is 6.96. The Morgan fingerprint density at radius 3 is 2.27 bits per heavy atom. The molecule has 2 aliphatic heterocycles. The summed E-state index contributed by atoms with van der Waals surface area (Å²) in [5, 5.41) is 0. The SMILES string of the molecule is O=C(CN1CCN(Cc2cccc(C(F)(F)F)c2)CC1)N1CCCC(C(F)(F)F)C1. The average Bonchev–Trinajstić information content (AvgIpc) is 2.68. The van der Waals surface area contributed by atoms with Gasteiger partial charge < -0.3 is 4.90 Å². The average molecular weight is 437 g/mol. The van der Waals surface area contributed by atoms with Crippen LogP contribution >= 0.6 is 0 Å². The second-order valence-electron chi connectivity index (χ2n) is 7.97. The highest BCUT2D eigenvalue weighted by molar-refractivity contribution is 5.78. The summed E-state index contributed by atoms with van der Waals surface area (Å²) < 4.78 is 77.3. The van der Waals surface area contributed by atoms with E-state index in [0.717, 1.165) is 12.1 Å². The smallest absolute Gasteiger partial charge is 0.341 e. The van der Waals surface area contributed by atoms with Gasteiger partial charge in [-0.3, -0.25) is 14.6 Å². The maximum absolute atomic E-state index is 12.9. The summed E-state index contributed by atoms with van der Waals surface area (Å²) in [6.45, 7) is 2.76. The van der Waals surface area contributed by atoms with Crippen LogP contribution in [0, 0.1) is 5.92 Å². The van der Waals surface area contributed by atoms with Crippen molar-refractivity contribution in [3.05, 3.63) is 35.4 Å². The third kappa shape index (κ3) is 6.10. The van der Waals surface area contributed by atoms with E-state index in [-0.39, 0.29) is 25.4 Å². The van der Waals surface area contributed by atoms with Crippen molar-refractivity contribution in [2.24, 2.45) is 5.92 Å². The lowest BCUT2D eigenvalue weighted by molar-refractivity contribution is -0.188. The number of carbonyl (C=O) groups excluding carboxylic acids is 1. The number of hydrogen-bond donors (Lipinski definition) is 0. The Balaban J connectivity index is 1.46. The standard InChI is InChI=1S/C20H25F6N3O/c21-19(22,23)16-4-1-3-15(11-16)12-27-7-9-28(10-8-27)14-18(30)29-6-2-5-17(13-29)20(24,25)26/h1,3-4,11,17H,2,5-10,12-14H2. The van der Waals surface area contributed by atoms with Crippen molar-refractivity contribution in [1.82, 2.24) is 14.7 Å². The second kappa shape index (κ2) is 9.13. The third-order valence-electron chi connectivity index (χ3n) is 5.72. The van der Waals surface area contributed by atoms with Crippen LogP contribution < -0.4 is 0 Å². The van der Waals surface area contributed by atoms with E-state index in [2.05, 4.69) is 0 Å². The molecule has 0 N–H and O–H groups in total. The van der Waals surface area contributed by atoms with Crippen LogP contribution in [-0.2, 0) is 17.5 Å². The van der Waals surface area contributed by atoms with Gasteiger partial charge in [-0.05, 0) is 24.5 Å². The van der Waals surface area contributed by atoms with Gasteiger partial charge in [0, 0.05) is 45.8 Å². The van der Waals surface area contributed by atoms with Crippen molar-refractivity contribution in [1.29, 1.82) is 0 Å². The normalized spacial score (nSPS) is 22.3. The molecule has 0 saturated carbocycles. The molecule has 0 aromatic heterocycles. The van der Waals surface area contributed by atoms with Crippen LogP contribution in [-0.4, -0.2) is 72.6 Å². The highest BCUT2D eigenvalue weighted by atomic mass is 19.4. The zero-order valence-electron chi connectivity index (χ0n) is 16.5. The van der Waals surface area contributed by atoms with E-state index in [1.165, 1.54) is 11.0 Å². The first-order valence-corrected chi connectivity index (χ1v) is 9.98. The number of halogens is 6. The van der Waals surface area contributed by atoms with Crippen LogP contribution in [0.15, 0.2) is 24.3 Å². The number of piperidine rings is 1. The summed E-state index contributed by atoms with van der Waals surface area (Å²) >= 11 is 0. The molecule has 30 heavy (non-hydrogen) atoms. The summed E-state index contributed by atoms with van der Waals surface area (Å²) in [6.07, 6.45) is -8.26. The molecule has 2 heterocycles. The highest BCUT2D eigenvalue weighted by Crippen LogP contribution is 2.33. The number of alkyl halides is 6. The lowest BCUT2D eigenvalue weighted by atomic mass is 9.97. The minimum Gasteiger partial charge on any atom is -0.341 e. The summed E-state index contributed by atoms with van der Waals surface area (Å²) in [5.41, 5.74) is -0.108. The lowest BCUT2D eigenvalue weighted by Gasteiger charge is -2.37. The second-order valence-corrected chi connectivity index (χ2v) is 7.97. The molecule has 0 bridgehead atoms. The first-order chi connectivity index (χ1) is 14.0. The Labute approximate surface area is 171 Å². The van der Waals surface area contributed by atoms with Crippen molar-refractivity contribution < 1.29 is 31.1 Å². The predicted octanol–water partition coefficient (Wildman–Crippen LogP) is 3.62. The molecule has 1 unspecified atom stereocenters. The Morgan fingerprint density at radius 1 is 0.967 bits per heavy atom. The van der Waals surface area contributed by atoms with E-state index in [1.54, 1.807) is 6.07 Å². The molecular weight excluding hydrogens is 412 g/mol. The highest BCUT2D eigenvalue weighted by Gasteiger charge is 2.42. The van der Waals surface area contributed by atoms with Gasteiger partial charge in [-0.15, -0.1) is 0 Å². The first kappa shape index (κ1) is 22.9. The molecule has 2 saturated heterocycles. The lowest BCUT2D eigenvalue weighted by Crippen LogP contribution is -2.52. The molecule has 2 fully saturated rings. The van der Waals surface area contributed by atoms with Gasteiger partial charge in [0.05, 0.1) is 18.0 Å². The van der Waals surface area contributed by atoms with Crippen LogP contribution in [0.2, 0.25) is 0 Å². The van der Waals surface area contributed by atoms with Gasteiger partial charge in [-0.2, -0.15) is 26.3 Å². The largest absolute Gasteiger partial charge is 0.416 e. The van der Waals surface area contributed by atoms with Crippen LogP contribution in [0.3, 0.4) is 0 Å². The van der Waals surface area contributed by atoms with Gasteiger partial charge >= 0.3 is 12.4 Å². The molecule has 0 aliphatic carbocycles. The predicted molar refractivity (Wildman–Crippen MR) is 98.5 cm³/mol. The molecule has 10 heteroatoms. The molecule has 1 atom stereocenters. The third-order valence-corrected chi connectivity index (χ3v) is 5.72. The van der Waals surface area contributed by atoms with Crippen molar-refractivity contribution in [3.63, 3.8) is 0 Å². The maximum atomic E-state index is 12.9. The van der Waals surface area contributed by atoms with Gasteiger partial charge in [0.15, 0.2) is 0 Å². The molecule has 2 aliphatic rings. The minimum atomic E-state index is -4.38. The van der Waals surface area contributed by atoms with E-state index in [1.807, 2.05) is 9.80 Å². The first-order valence-electron chi connectivity index (χ1n) is 9.98. The monoisotopic (exact) mass is 437 g/mol. The van der Waals surface area contributed by atoms with E-state index < -0.39 is 23.8 Å². The molecule has 1 amide bonds. The van der Waals surface area contributed by atoms with E-state index in [9.17, 15) is 31.1 Å². The molecule has 168 valence electrons. The fraction of sp³-hybridized carbons (Fsp3) is 0.650. The number of rotatable bonds is 4. The van der Waals surface area contributed by atoms with Crippen LogP contribution in [0.4, 0.5) is 26.3 Å². The summed E-state index contributed by atoms with van der Waals surface area (Å²) in [5.74, 6) is -1.75. The quantitative estimate of drug-likeness (QED) is 0.674. The number of nitrogens with zero attached hydrogens (tertiary/aromatic N) is 3. The Morgan fingerprint density at radius 2 is 1.63 bits per heavy atom. The number of amides is 1.